The van der Waals surface area contributed by atoms with E-state index in [1.54, 1.807) is 0 Å². The summed E-state index contributed by atoms with van der Waals surface area (Å²) in [6, 6.07) is 28.2. The molecule has 4 aromatic rings. The number of hydrogen-bond acceptors (Lipinski definition) is 2. The highest BCUT2D eigenvalue weighted by molar-refractivity contribution is 6.07. The molecule has 0 unspecified atom stereocenters. The molecule has 204 valence electrons. The van der Waals surface area contributed by atoms with Crippen molar-refractivity contribution in [3.8, 4) is 0 Å². The van der Waals surface area contributed by atoms with Gasteiger partial charge in [-0.1, -0.05) is 105 Å². The molecule has 0 N–H and O–H groups in total. The third-order valence-electron chi connectivity index (χ3n) is 7.77. The minimum absolute atomic E-state index is 0.954. The molecule has 5 rings (SSSR count). The van der Waals surface area contributed by atoms with E-state index in [0.29, 0.717) is 0 Å². The van der Waals surface area contributed by atoms with E-state index < -0.39 is 0 Å². The predicted molar refractivity (Wildman–Crippen MR) is 182 cm³/mol. The van der Waals surface area contributed by atoms with Crippen LogP contribution in [0.2, 0.25) is 0 Å². The van der Waals surface area contributed by atoms with Gasteiger partial charge in [-0.05, 0) is 85.0 Å². The quantitative estimate of drug-likeness (QED) is 0.197. The first-order chi connectivity index (χ1) is 20.0. The molecule has 0 spiro atoms. The number of anilines is 3. The number of benzene rings is 4. The average Bonchev–Trinajstić information content (AvgIpc) is 3.44. The van der Waals surface area contributed by atoms with Gasteiger partial charge in [-0.25, -0.2) is 0 Å². The SMILES string of the molecule is C=C/C=C\C(=C/C)N(/C(=C/C)c1ccc2ccc(N3CCc4ccccc43)c(C=C)c2c1C(=C)C)c1ccccc1. The molecule has 4 aromatic carbocycles. The Morgan fingerprint density at radius 1 is 0.854 bits per heavy atom. The first kappa shape index (κ1) is 27.7. The maximum absolute atomic E-state index is 4.50. The molecular formula is C39H38N2. The molecule has 0 aromatic heterocycles. The zero-order valence-corrected chi connectivity index (χ0v) is 24.4. The molecule has 1 aliphatic rings. The van der Waals surface area contributed by atoms with Crippen molar-refractivity contribution in [3.05, 3.63) is 157 Å². The second kappa shape index (κ2) is 12.1. The first-order valence-electron chi connectivity index (χ1n) is 14.2. The van der Waals surface area contributed by atoms with Crippen LogP contribution in [0.3, 0.4) is 0 Å². The Morgan fingerprint density at radius 3 is 2.27 bits per heavy atom. The fourth-order valence-corrected chi connectivity index (χ4v) is 6.00. The molecule has 0 saturated carbocycles. The van der Waals surface area contributed by atoms with Crippen molar-refractivity contribution in [3.63, 3.8) is 0 Å². The van der Waals surface area contributed by atoms with Crippen molar-refractivity contribution >= 4 is 45.2 Å². The molecule has 1 aliphatic heterocycles. The van der Waals surface area contributed by atoms with Crippen LogP contribution in [0.15, 0.2) is 135 Å². The molecule has 0 amide bonds. The second-order valence-electron chi connectivity index (χ2n) is 10.3. The fraction of sp³-hybridized carbons (Fsp3) is 0.128. The number of nitrogens with zero attached hydrogens (tertiary/aromatic N) is 2. The Balaban J connectivity index is 1.78. The third-order valence-corrected chi connectivity index (χ3v) is 7.77. The van der Waals surface area contributed by atoms with Crippen LogP contribution in [0, 0.1) is 0 Å². The molecular weight excluding hydrogens is 496 g/mol. The minimum Gasteiger partial charge on any atom is -0.340 e. The lowest BCUT2D eigenvalue weighted by Gasteiger charge is -2.31. The summed E-state index contributed by atoms with van der Waals surface area (Å²) < 4.78 is 0. The molecule has 2 nitrogen and oxygen atoms in total. The van der Waals surface area contributed by atoms with Gasteiger partial charge in [0.1, 0.15) is 0 Å². The minimum atomic E-state index is 0.954. The summed E-state index contributed by atoms with van der Waals surface area (Å²) in [5, 5.41) is 2.36. The van der Waals surface area contributed by atoms with Gasteiger partial charge in [-0.2, -0.15) is 0 Å². The molecule has 0 atom stereocenters. The zero-order chi connectivity index (χ0) is 28.9. The Bertz CT molecular complexity index is 1720. The Labute approximate surface area is 245 Å². The lowest BCUT2D eigenvalue weighted by molar-refractivity contribution is 0.998. The summed E-state index contributed by atoms with van der Waals surface area (Å²) in [7, 11) is 0. The molecule has 41 heavy (non-hydrogen) atoms. The number of fused-ring (bicyclic) bond motifs is 2. The molecule has 0 saturated heterocycles. The van der Waals surface area contributed by atoms with Gasteiger partial charge in [0.25, 0.3) is 0 Å². The van der Waals surface area contributed by atoms with Crippen LogP contribution in [-0.4, -0.2) is 6.54 Å². The van der Waals surface area contributed by atoms with Crippen LogP contribution in [0.1, 0.15) is 43.0 Å². The summed E-state index contributed by atoms with van der Waals surface area (Å²) in [5.41, 5.74) is 11.5. The van der Waals surface area contributed by atoms with E-state index in [-0.39, 0.29) is 0 Å². The van der Waals surface area contributed by atoms with Crippen molar-refractivity contribution in [2.75, 3.05) is 16.3 Å². The van der Waals surface area contributed by atoms with Gasteiger partial charge < -0.3 is 9.80 Å². The summed E-state index contributed by atoms with van der Waals surface area (Å²) >= 11 is 0. The Hall–Kier alpha value is -4.82. The highest BCUT2D eigenvalue weighted by atomic mass is 15.2. The topological polar surface area (TPSA) is 6.48 Å². The van der Waals surface area contributed by atoms with E-state index in [1.807, 2.05) is 18.2 Å². The van der Waals surface area contributed by atoms with Crippen LogP contribution in [0.25, 0.3) is 28.1 Å². The maximum Gasteiger partial charge on any atom is 0.0497 e. The largest absolute Gasteiger partial charge is 0.340 e. The molecule has 0 bridgehead atoms. The van der Waals surface area contributed by atoms with Gasteiger partial charge in [-0.15, -0.1) is 0 Å². The lowest BCUT2D eigenvalue weighted by atomic mass is 9.88. The molecule has 2 heteroatoms. The van der Waals surface area contributed by atoms with Crippen LogP contribution < -0.4 is 9.80 Å². The average molecular weight is 535 g/mol. The van der Waals surface area contributed by atoms with Crippen LogP contribution in [0.4, 0.5) is 17.1 Å². The lowest BCUT2D eigenvalue weighted by Crippen LogP contribution is -2.21. The van der Waals surface area contributed by atoms with Gasteiger partial charge in [0.05, 0.1) is 0 Å². The van der Waals surface area contributed by atoms with Crippen molar-refractivity contribution < 1.29 is 0 Å². The molecule has 0 radical (unpaired) electrons. The van der Waals surface area contributed by atoms with E-state index >= 15 is 0 Å². The zero-order valence-electron chi connectivity index (χ0n) is 24.4. The third kappa shape index (κ3) is 5.10. The van der Waals surface area contributed by atoms with Gasteiger partial charge in [-0.3, -0.25) is 0 Å². The van der Waals surface area contributed by atoms with Crippen LogP contribution in [-0.2, 0) is 6.42 Å². The molecule has 0 fully saturated rings. The summed E-state index contributed by atoms with van der Waals surface area (Å²) in [6.45, 7) is 20.0. The predicted octanol–water partition coefficient (Wildman–Crippen LogP) is 10.7. The molecule has 0 aliphatic carbocycles. The smallest absolute Gasteiger partial charge is 0.0497 e. The van der Waals surface area contributed by atoms with Crippen molar-refractivity contribution in [2.45, 2.75) is 27.2 Å². The second-order valence-corrected chi connectivity index (χ2v) is 10.3. The number of rotatable bonds is 9. The normalized spacial score (nSPS) is 13.5. The summed E-state index contributed by atoms with van der Waals surface area (Å²) in [5.74, 6) is 0. The Morgan fingerprint density at radius 2 is 1.59 bits per heavy atom. The maximum atomic E-state index is 4.50. The van der Waals surface area contributed by atoms with Crippen molar-refractivity contribution in [1.29, 1.82) is 0 Å². The van der Waals surface area contributed by atoms with Gasteiger partial charge in [0.2, 0.25) is 0 Å². The van der Waals surface area contributed by atoms with E-state index in [2.05, 4.69) is 147 Å². The van der Waals surface area contributed by atoms with Crippen LogP contribution in [0.5, 0.6) is 0 Å². The highest BCUT2D eigenvalue weighted by Gasteiger charge is 2.25. The standard InChI is InChI=1S/C39H38N2/c1-7-11-18-31(8-2)41(32-19-13-12-14-20-32)35(10-4)34-24-22-30-23-25-37(33(9-3)39(30)38(34)28(5)6)40-27-26-29-17-15-16-21-36(29)40/h7-25H,1,3,5,26-27H2,2,4,6H3/b18-11-,31-8+,35-10+. The number of hydrogen-bond donors (Lipinski definition) is 0. The number of allylic oxidation sites excluding steroid dienone is 6. The van der Waals surface area contributed by atoms with E-state index in [0.717, 1.165) is 52.3 Å². The summed E-state index contributed by atoms with van der Waals surface area (Å²) in [6.07, 6.45) is 13.3. The van der Waals surface area contributed by atoms with Gasteiger partial charge >= 0.3 is 0 Å². The monoisotopic (exact) mass is 534 g/mol. The van der Waals surface area contributed by atoms with E-state index in [1.165, 1.54) is 27.7 Å². The molecule has 1 heterocycles. The number of para-hydroxylation sites is 2. The summed E-state index contributed by atoms with van der Waals surface area (Å²) in [4.78, 5) is 4.74. The van der Waals surface area contributed by atoms with Crippen LogP contribution >= 0.6 is 0 Å². The van der Waals surface area contributed by atoms with E-state index in [4.69, 9.17) is 0 Å². The van der Waals surface area contributed by atoms with Gasteiger partial charge in [0.15, 0.2) is 0 Å². The first-order valence-corrected chi connectivity index (χ1v) is 14.2. The van der Waals surface area contributed by atoms with Crippen molar-refractivity contribution in [2.24, 2.45) is 0 Å². The van der Waals surface area contributed by atoms with E-state index in [9.17, 15) is 0 Å². The van der Waals surface area contributed by atoms with Crippen molar-refractivity contribution in [1.82, 2.24) is 0 Å². The highest BCUT2D eigenvalue weighted by Crippen LogP contribution is 2.44. The van der Waals surface area contributed by atoms with Gasteiger partial charge in [0, 0.05) is 46.1 Å². The fourth-order valence-electron chi connectivity index (χ4n) is 6.00. The Kier molecular flexibility index (Phi) is 8.21.